The van der Waals surface area contributed by atoms with Gasteiger partial charge in [-0.15, -0.1) is 0 Å². The van der Waals surface area contributed by atoms with E-state index in [1.54, 1.807) is 0 Å². The standard InChI is InChI=1S/C19H38O4/c1-5-9-10-11-12-13-14-16-20-17-23-19(22-8-4)18(15-6-2)21-7-3/h5-17H2,1-4H3. The molecule has 0 heterocycles. The first kappa shape index (κ1) is 22.1. The Morgan fingerprint density at radius 1 is 0.652 bits per heavy atom. The van der Waals surface area contributed by atoms with Crippen LogP contribution in [0.15, 0.2) is 11.7 Å². The molecular formula is C19H38O4. The second-order valence-electron chi connectivity index (χ2n) is 5.62. The minimum Gasteiger partial charge on any atom is -0.491 e. The SMILES string of the molecule is CCCCCCCCCOCOC(OCC)=C(CCC)OCC. The summed E-state index contributed by atoms with van der Waals surface area (Å²) in [5.41, 5.74) is 0. The lowest BCUT2D eigenvalue weighted by atomic mass is 10.1. The van der Waals surface area contributed by atoms with Gasteiger partial charge in [0.25, 0.3) is 0 Å². The maximum Gasteiger partial charge on any atom is 0.321 e. The Labute approximate surface area is 143 Å². The van der Waals surface area contributed by atoms with Crippen LogP contribution in [0.25, 0.3) is 0 Å². The summed E-state index contributed by atoms with van der Waals surface area (Å²) in [6.07, 6.45) is 10.8. The van der Waals surface area contributed by atoms with E-state index >= 15 is 0 Å². The Balaban J connectivity index is 3.85. The van der Waals surface area contributed by atoms with Crippen molar-refractivity contribution in [3.8, 4) is 0 Å². The lowest BCUT2D eigenvalue weighted by Crippen LogP contribution is -2.09. The molecule has 0 atom stereocenters. The first-order valence-electron chi connectivity index (χ1n) is 9.49. The van der Waals surface area contributed by atoms with Crippen LogP contribution in [0, 0.1) is 0 Å². The minimum absolute atomic E-state index is 0.228. The molecule has 0 aliphatic rings. The molecule has 23 heavy (non-hydrogen) atoms. The summed E-state index contributed by atoms with van der Waals surface area (Å²) >= 11 is 0. The average Bonchev–Trinajstić information content (AvgIpc) is 2.55. The lowest BCUT2D eigenvalue weighted by molar-refractivity contribution is -0.0822. The first-order chi connectivity index (χ1) is 11.3. The lowest BCUT2D eigenvalue weighted by Gasteiger charge is -2.16. The zero-order valence-corrected chi connectivity index (χ0v) is 15.8. The molecule has 138 valence electrons. The van der Waals surface area contributed by atoms with Gasteiger partial charge >= 0.3 is 5.95 Å². The Morgan fingerprint density at radius 3 is 1.91 bits per heavy atom. The molecule has 0 aromatic carbocycles. The van der Waals surface area contributed by atoms with Crippen LogP contribution in [-0.2, 0) is 18.9 Å². The van der Waals surface area contributed by atoms with E-state index in [4.69, 9.17) is 18.9 Å². The van der Waals surface area contributed by atoms with Gasteiger partial charge in [0.05, 0.1) is 19.8 Å². The highest BCUT2D eigenvalue weighted by atomic mass is 16.7. The van der Waals surface area contributed by atoms with E-state index in [9.17, 15) is 0 Å². The largest absolute Gasteiger partial charge is 0.491 e. The van der Waals surface area contributed by atoms with E-state index in [1.165, 1.54) is 38.5 Å². The maximum atomic E-state index is 5.62. The highest BCUT2D eigenvalue weighted by Gasteiger charge is 2.10. The molecule has 4 heteroatoms. The molecule has 0 spiro atoms. The molecule has 0 N–H and O–H groups in total. The summed E-state index contributed by atoms with van der Waals surface area (Å²) in [5.74, 6) is 1.27. The summed E-state index contributed by atoms with van der Waals surface area (Å²) in [7, 11) is 0. The third kappa shape index (κ3) is 13.3. The third-order valence-electron chi connectivity index (χ3n) is 3.46. The maximum absolute atomic E-state index is 5.62. The molecular weight excluding hydrogens is 292 g/mol. The van der Waals surface area contributed by atoms with Crippen LogP contribution >= 0.6 is 0 Å². The Hall–Kier alpha value is -0.900. The summed E-state index contributed by atoms with van der Waals surface area (Å²) in [4.78, 5) is 0. The predicted molar refractivity (Wildman–Crippen MR) is 95.1 cm³/mol. The zero-order chi connectivity index (χ0) is 17.2. The van der Waals surface area contributed by atoms with Crippen LogP contribution < -0.4 is 0 Å². The van der Waals surface area contributed by atoms with E-state index in [1.807, 2.05) is 13.8 Å². The fraction of sp³-hybridized carbons (Fsp3) is 0.895. The highest BCUT2D eigenvalue weighted by molar-refractivity contribution is 4.94. The summed E-state index contributed by atoms with van der Waals surface area (Å²) in [6, 6.07) is 0. The van der Waals surface area contributed by atoms with Gasteiger partial charge in [0.15, 0.2) is 12.6 Å². The Bertz CT molecular complexity index is 269. The van der Waals surface area contributed by atoms with Crippen molar-refractivity contribution in [3.05, 3.63) is 11.7 Å². The number of hydrogen-bond donors (Lipinski definition) is 0. The molecule has 0 amide bonds. The highest BCUT2D eigenvalue weighted by Crippen LogP contribution is 2.16. The number of unbranched alkanes of at least 4 members (excludes halogenated alkanes) is 6. The molecule has 0 rings (SSSR count). The van der Waals surface area contributed by atoms with Gasteiger partial charge in [-0.3, -0.25) is 0 Å². The molecule has 0 aromatic rings. The van der Waals surface area contributed by atoms with Gasteiger partial charge in [0, 0.05) is 6.42 Å². The fourth-order valence-electron chi connectivity index (χ4n) is 2.28. The third-order valence-corrected chi connectivity index (χ3v) is 3.46. The number of hydrogen-bond acceptors (Lipinski definition) is 4. The van der Waals surface area contributed by atoms with Crippen LogP contribution in [0.4, 0.5) is 0 Å². The van der Waals surface area contributed by atoms with Gasteiger partial charge in [-0.2, -0.15) is 0 Å². The number of ether oxygens (including phenoxy) is 4. The normalized spacial score (nSPS) is 12.0. The van der Waals surface area contributed by atoms with Crippen molar-refractivity contribution in [2.24, 2.45) is 0 Å². The summed E-state index contributed by atoms with van der Waals surface area (Å²) in [5, 5.41) is 0. The van der Waals surface area contributed by atoms with Crippen LogP contribution in [-0.4, -0.2) is 26.6 Å². The Kier molecular flexibility index (Phi) is 16.8. The van der Waals surface area contributed by atoms with Gasteiger partial charge in [-0.25, -0.2) is 0 Å². The van der Waals surface area contributed by atoms with Crippen LogP contribution in [0.5, 0.6) is 0 Å². The van der Waals surface area contributed by atoms with E-state index in [-0.39, 0.29) is 6.79 Å². The van der Waals surface area contributed by atoms with Crippen molar-refractivity contribution in [1.29, 1.82) is 0 Å². The molecule has 0 bridgehead atoms. The molecule has 0 aromatic heterocycles. The smallest absolute Gasteiger partial charge is 0.321 e. The molecule has 0 radical (unpaired) electrons. The topological polar surface area (TPSA) is 36.9 Å². The summed E-state index contributed by atoms with van der Waals surface area (Å²) < 4.78 is 22.3. The van der Waals surface area contributed by atoms with Crippen molar-refractivity contribution >= 4 is 0 Å². The minimum atomic E-state index is 0.228. The molecule has 0 saturated heterocycles. The quantitative estimate of drug-likeness (QED) is 0.193. The predicted octanol–water partition coefficient (Wildman–Crippen LogP) is 5.77. The average molecular weight is 331 g/mol. The second-order valence-corrected chi connectivity index (χ2v) is 5.62. The van der Waals surface area contributed by atoms with Crippen LogP contribution in [0.1, 0.15) is 85.5 Å². The molecule has 0 unspecified atom stereocenters. The zero-order valence-electron chi connectivity index (χ0n) is 15.8. The van der Waals surface area contributed by atoms with E-state index in [0.29, 0.717) is 19.2 Å². The number of rotatable bonds is 17. The van der Waals surface area contributed by atoms with Gasteiger partial charge in [0.1, 0.15) is 0 Å². The molecule has 0 aliphatic heterocycles. The van der Waals surface area contributed by atoms with Crippen molar-refractivity contribution in [1.82, 2.24) is 0 Å². The first-order valence-corrected chi connectivity index (χ1v) is 9.49. The van der Waals surface area contributed by atoms with E-state index in [0.717, 1.165) is 31.6 Å². The van der Waals surface area contributed by atoms with E-state index in [2.05, 4.69) is 13.8 Å². The van der Waals surface area contributed by atoms with E-state index < -0.39 is 0 Å². The van der Waals surface area contributed by atoms with Gasteiger partial charge in [-0.05, 0) is 26.7 Å². The monoisotopic (exact) mass is 330 g/mol. The van der Waals surface area contributed by atoms with Crippen molar-refractivity contribution in [2.45, 2.75) is 85.5 Å². The second kappa shape index (κ2) is 17.5. The molecule has 0 aliphatic carbocycles. The van der Waals surface area contributed by atoms with Gasteiger partial charge < -0.3 is 18.9 Å². The van der Waals surface area contributed by atoms with Gasteiger partial charge in [-0.1, -0.05) is 52.4 Å². The van der Waals surface area contributed by atoms with Crippen LogP contribution in [0.2, 0.25) is 0 Å². The van der Waals surface area contributed by atoms with Gasteiger partial charge in [0.2, 0.25) is 0 Å². The van der Waals surface area contributed by atoms with Crippen molar-refractivity contribution in [3.63, 3.8) is 0 Å². The molecule has 0 saturated carbocycles. The number of allylic oxidation sites excluding steroid dienone is 1. The summed E-state index contributed by atoms with van der Waals surface area (Å²) in [6.45, 7) is 10.4. The Morgan fingerprint density at radius 2 is 1.30 bits per heavy atom. The molecule has 4 nitrogen and oxygen atoms in total. The molecule has 0 fully saturated rings. The fourth-order valence-corrected chi connectivity index (χ4v) is 2.28. The van der Waals surface area contributed by atoms with Crippen molar-refractivity contribution < 1.29 is 18.9 Å². The van der Waals surface area contributed by atoms with Crippen molar-refractivity contribution in [2.75, 3.05) is 26.6 Å². The van der Waals surface area contributed by atoms with Crippen LogP contribution in [0.3, 0.4) is 0 Å².